The smallest absolute Gasteiger partial charge is 0.261 e. The normalized spacial score (nSPS) is 23.9. The molecule has 2 aliphatic rings. The third-order valence-corrected chi connectivity index (χ3v) is 21.8. The van der Waals surface area contributed by atoms with Gasteiger partial charge in [0, 0.05) is 18.6 Å². The molecule has 2 heterocycles. The molecule has 7 heteroatoms. The number of hydrogen-bond donors (Lipinski definition) is 1. The number of aliphatic hydroxyl groups excluding tert-OH is 1. The van der Waals surface area contributed by atoms with E-state index in [1.807, 2.05) is 18.2 Å². The van der Waals surface area contributed by atoms with Crippen molar-refractivity contribution in [1.82, 2.24) is 0 Å². The van der Waals surface area contributed by atoms with Crippen molar-refractivity contribution in [1.29, 1.82) is 0 Å². The molecule has 0 saturated carbocycles. The van der Waals surface area contributed by atoms with Crippen LogP contribution in [0.1, 0.15) is 86.3 Å². The second kappa shape index (κ2) is 13.8. The van der Waals surface area contributed by atoms with Crippen LogP contribution in [-0.2, 0) is 30.7 Å². The molecular formula is C39H56O5Si2. The van der Waals surface area contributed by atoms with Crippen molar-refractivity contribution in [3.05, 3.63) is 96.1 Å². The molecule has 0 aromatic heterocycles. The highest BCUT2D eigenvalue weighted by molar-refractivity contribution is 6.99. The van der Waals surface area contributed by atoms with Gasteiger partial charge in [-0.05, 0) is 44.0 Å². The largest absolute Gasteiger partial charge is 0.410 e. The molecule has 0 unspecified atom stereocenters. The minimum Gasteiger partial charge on any atom is -0.410 e. The van der Waals surface area contributed by atoms with Crippen molar-refractivity contribution in [2.45, 2.75) is 128 Å². The van der Waals surface area contributed by atoms with E-state index in [1.165, 1.54) is 10.4 Å². The van der Waals surface area contributed by atoms with Gasteiger partial charge in [-0.1, -0.05) is 147 Å². The Morgan fingerprint density at radius 2 is 1.33 bits per heavy atom. The van der Waals surface area contributed by atoms with Crippen LogP contribution in [0, 0.1) is 0 Å². The van der Waals surface area contributed by atoms with E-state index in [1.54, 1.807) is 0 Å². The van der Waals surface area contributed by atoms with Crippen molar-refractivity contribution in [2.75, 3.05) is 6.61 Å². The lowest BCUT2D eigenvalue weighted by Crippen LogP contribution is -2.66. The van der Waals surface area contributed by atoms with E-state index in [9.17, 15) is 5.11 Å². The maximum atomic E-state index is 12.2. The van der Waals surface area contributed by atoms with Crippen LogP contribution in [0.25, 0.3) is 0 Å². The predicted octanol–water partition coefficient (Wildman–Crippen LogP) is 8.05. The van der Waals surface area contributed by atoms with Gasteiger partial charge in [0.1, 0.15) is 6.10 Å². The van der Waals surface area contributed by atoms with Crippen LogP contribution >= 0.6 is 0 Å². The molecule has 0 radical (unpaired) electrons. The number of benzene rings is 3. The quantitative estimate of drug-likeness (QED) is 0.211. The molecule has 2 aliphatic heterocycles. The highest BCUT2D eigenvalue weighted by Crippen LogP contribution is 2.50. The van der Waals surface area contributed by atoms with Crippen molar-refractivity contribution in [3.8, 4) is 0 Å². The van der Waals surface area contributed by atoms with Gasteiger partial charge in [-0.2, -0.15) is 0 Å². The van der Waals surface area contributed by atoms with Gasteiger partial charge in [-0.25, -0.2) is 0 Å². The molecule has 0 amide bonds. The van der Waals surface area contributed by atoms with Gasteiger partial charge in [0.05, 0.1) is 18.8 Å². The first-order valence-electron chi connectivity index (χ1n) is 17.3. The van der Waals surface area contributed by atoms with E-state index in [2.05, 4.69) is 129 Å². The third kappa shape index (κ3) is 6.13. The van der Waals surface area contributed by atoms with E-state index >= 15 is 0 Å². The minimum atomic E-state index is -2.71. The van der Waals surface area contributed by atoms with Gasteiger partial charge in [-0.15, -0.1) is 0 Å². The fourth-order valence-electron chi connectivity index (χ4n) is 8.65. The van der Waals surface area contributed by atoms with Crippen LogP contribution < -0.4 is 10.4 Å². The summed E-state index contributed by atoms with van der Waals surface area (Å²) in [6, 6.07) is 29.7. The van der Waals surface area contributed by atoms with Crippen LogP contribution in [0.15, 0.2) is 84.9 Å². The summed E-state index contributed by atoms with van der Waals surface area (Å²) in [5, 5.41) is 14.6. The summed E-state index contributed by atoms with van der Waals surface area (Å²) in [5.41, 5.74) is 3.16. The number of aliphatic hydroxyl groups is 1. The monoisotopic (exact) mass is 660 g/mol. The summed E-state index contributed by atoms with van der Waals surface area (Å²) in [6.07, 6.45) is -0.288. The van der Waals surface area contributed by atoms with Crippen molar-refractivity contribution >= 4 is 27.0 Å². The van der Waals surface area contributed by atoms with Crippen LogP contribution in [0.4, 0.5) is 0 Å². The fraction of sp³-hybridized carbons (Fsp3) is 0.538. The second-order valence-corrected chi connectivity index (χ2v) is 25.0. The number of ether oxygens (including phenoxy) is 2. The molecule has 1 saturated heterocycles. The number of fused-ring (bicyclic) bond motifs is 2. The molecule has 0 aliphatic carbocycles. The van der Waals surface area contributed by atoms with Crippen LogP contribution in [0.3, 0.4) is 0 Å². The lowest BCUT2D eigenvalue weighted by molar-refractivity contribution is -0.344. The second-order valence-electron chi connectivity index (χ2n) is 15.3. The van der Waals surface area contributed by atoms with Crippen LogP contribution in [0.2, 0.25) is 21.7 Å². The maximum absolute atomic E-state index is 12.2. The molecule has 1 spiro atoms. The lowest BCUT2D eigenvalue weighted by Gasteiger charge is -2.51. The molecule has 250 valence electrons. The van der Waals surface area contributed by atoms with E-state index in [0.717, 1.165) is 11.1 Å². The number of hydrogen-bond acceptors (Lipinski definition) is 5. The molecule has 1 N–H and O–H groups in total. The molecule has 4 atom stereocenters. The Labute approximate surface area is 279 Å². The van der Waals surface area contributed by atoms with Gasteiger partial charge in [0.15, 0.2) is 0 Å². The summed E-state index contributed by atoms with van der Waals surface area (Å²) in [7, 11) is -5.02. The van der Waals surface area contributed by atoms with Gasteiger partial charge in [0.2, 0.25) is 14.1 Å². The van der Waals surface area contributed by atoms with Gasteiger partial charge >= 0.3 is 0 Å². The first-order valence-corrected chi connectivity index (χ1v) is 21.4. The van der Waals surface area contributed by atoms with Crippen molar-refractivity contribution in [3.63, 3.8) is 0 Å². The summed E-state index contributed by atoms with van der Waals surface area (Å²) in [6.45, 7) is 21.6. The lowest BCUT2D eigenvalue weighted by atomic mass is 9.88. The van der Waals surface area contributed by atoms with Gasteiger partial charge in [-0.3, -0.25) is 0 Å². The topological polar surface area (TPSA) is 57.2 Å². The zero-order chi connectivity index (χ0) is 33.3. The Morgan fingerprint density at radius 3 is 1.85 bits per heavy atom. The zero-order valence-corrected chi connectivity index (χ0v) is 31.5. The van der Waals surface area contributed by atoms with E-state index in [4.69, 9.17) is 18.3 Å². The number of rotatable bonds is 11. The third-order valence-electron chi connectivity index (χ3n) is 10.7. The molecular weight excluding hydrogens is 605 g/mol. The van der Waals surface area contributed by atoms with Gasteiger partial charge in [0.25, 0.3) is 8.32 Å². The highest BCUT2D eigenvalue weighted by Gasteiger charge is 2.58. The van der Waals surface area contributed by atoms with Crippen LogP contribution in [0.5, 0.6) is 0 Å². The molecule has 1 fully saturated rings. The zero-order valence-electron chi connectivity index (χ0n) is 29.5. The molecule has 46 heavy (non-hydrogen) atoms. The Balaban J connectivity index is 1.49. The average Bonchev–Trinajstić information content (AvgIpc) is 3.38. The van der Waals surface area contributed by atoms with E-state index < -0.39 is 34.6 Å². The van der Waals surface area contributed by atoms with Crippen molar-refractivity contribution < 1.29 is 23.4 Å². The fourth-order valence-corrected chi connectivity index (χ4v) is 18.8. The summed E-state index contributed by atoms with van der Waals surface area (Å²) in [5.74, 6) is -1.26. The summed E-state index contributed by atoms with van der Waals surface area (Å²) >= 11 is 0. The Morgan fingerprint density at radius 1 is 0.804 bits per heavy atom. The summed E-state index contributed by atoms with van der Waals surface area (Å²) < 4.78 is 28.0. The highest BCUT2D eigenvalue weighted by atomic mass is 28.4. The molecule has 3 aromatic carbocycles. The molecule has 5 nitrogen and oxygen atoms in total. The van der Waals surface area contributed by atoms with Crippen LogP contribution in [-0.4, -0.2) is 46.7 Å². The molecule has 0 bridgehead atoms. The summed E-state index contributed by atoms with van der Waals surface area (Å²) in [4.78, 5) is 0. The minimum absolute atomic E-state index is 0.114. The van der Waals surface area contributed by atoms with Gasteiger partial charge < -0.3 is 23.4 Å². The predicted molar refractivity (Wildman–Crippen MR) is 193 cm³/mol. The Bertz CT molecular complexity index is 1360. The van der Waals surface area contributed by atoms with E-state index in [0.29, 0.717) is 42.7 Å². The van der Waals surface area contributed by atoms with E-state index in [-0.39, 0.29) is 11.1 Å². The maximum Gasteiger partial charge on any atom is 0.261 e. The SMILES string of the molecule is CC(C)[Si](O[C@H]1C[C@@H](CCO[Si](c2ccccc2)(c2ccccc2)C(C)(C)C)O[C@]2(OCc3ccccc32)[C@@H]1O)(C(C)C)C(C)C. The Kier molecular flexibility index (Phi) is 10.6. The first-order chi connectivity index (χ1) is 21.8. The standard InChI is InChI=1S/C39H56O5Si2/c1-28(2)45(29(3)4,30(5)6)44-36-26-32(43-39(37(36)40)35-23-17-16-18-31(35)27-41-39)24-25-42-46(38(7,8)9,33-19-12-10-13-20-33)34-21-14-11-15-22-34/h10-23,28-30,32,36-37,40H,24-27H2,1-9H3/t32-,36+,37-,39+/m1/s1. The molecule has 3 aromatic rings. The Hall–Kier alpha value is -2.11. The van der Waals surface area contributed by atoms with Crippen molar-refractivity contribution in [2.24, 2.45) is 0 Å². The average molecular weight is 661 g/mol. The molecule has 5 rings (SSSR count). The first kappa shape index (κ1) is 35.2.